The van der Waals surface area contributed by atoms with Crippen molar-refractivity contribution in [3.8, 4) is 5.75 Å². The summed E-state index contributed by atoms with van der Waals surface area (Å²) in [7, 11) is 0. The van der Waals surface area contributed by atoms with Gasteiger partial charge in [0.2, 0.25) is 0 Å². The topological polar surface area (TPSA) is 47.0 Å². The number of rotatable bonds is 3. The van der Waals surface area contributed by atoms with Gasteiger partial charge in [0.05, 0.1) is 6.04 Å². The van der Waals surface area contributed by atoms with E-state index >= 15 is 0 Å². The molecule has 1 N–H and O–H groups in total. The first-order valence-electron chi connectivity index (χ1n) is 6.71. The Morgan fingerprint density at radius 1 is 1.16 bits per heavy atom. The number of benzene rings is 1. The highest BCUT2D eigenvalue weighted by molar-refractivity contribution is 5.45. The van der Waals surface area contributed by atoms with Crippen LogP contribution in [-0.2, 0) is 0 Å². The number of aromatic nitrogens is 2. The molecule has 2 aromatic rings. The summed E-state index contributed by atoms with van der Waals surface area (Å²) < 4.78 is 5.67. The number of fused-ring (bicyclic) bond motifs is 1. The van der Waals surface area contributed by atoms with Crippen LogP contribution < -0.4 is 10.1 Å². The maximum Gasteiger partial charge on any atom is 0.133 e. The summed E-state index contributed by atoms with van der Waals surface area (Å²) in [5.74, 6) is 3.41. The van der Waals surface area contributed by atoms with E-state index in [4.69, 9.17) is 4.74 Å². The van der Waals surface area contributed by atoms with Gasteiger partial charge < -0.3 is 10.1 Å². The Morgan fingerprint density at radius 2 is 2.05 bits per heavy atom. The standard InChI is InChI=1S/C15H15N3O/c1-2-4-13-11(3-1)12(9-19-13)17-14-7-8-16-15(18-14)10-5-6-10/h1-4,7-8,10,12H,5-6,9H2,(H,16,17,18). The van der Waals surface area contributed by atoms with E-state index in [-0.39, 0.29) is 6.04 Å². The van der Waals surface area contributed by atoms with Crippen molar-refractivity contribution in [2.24, 2.45) is 0 Å². The van der Waals surface area contributed by atoms with Crippen molar-refractivity contribution in [1.29, 1.82) is 0 Å². The number of hydrogen-bond acceptors (Lipinski definition) is 4. The molecule has 2 aliphatic rings. The summed E-state index contributed by atoms with van der Waals surface area (Å²) in [6.45, 7) is 0.655. The third kappa shape index (κ3) is 2.03. The van der Waals surface area contributed by atoms with Crippen molar-refractivity contribution in [2.45, 2.75) is 24.8 Å². The van der Waals surface area contributed by atoms with Crippen LogP contribution in [0.1, 0.15) is 36.2 Å². The molecule has 0 radical (unpaired) electrons. The van der Waals surface area contributed by atoms with Crippen LogP contribution in [0, 0.1) is 0 Å². The zero-order valence-electron chi connectivity index (χ0n) is 10.5. The van der Waals surface area contributed by atoms with Gasteiger partial charge in [-0.3, -0.25) is 0 Å². The number of hydrogen-bond donors (Lipinski definition) is 1. The third-order valence-corrected chi connectivity index (χ3v) is 3.64. The van der Waals surface area contributed by atoms with Gasteiger partial charge in [-0.15, -0.1) is 0 Å². The van der Waals surface area contributed by atoms with Crippen LogP contribution in [0.15, 0.2) is 36.5 Å². The van der Waals surface area contributed by atoms with Crippen molar-refractivity contribution >= 4 is 5.82 Å². The van der Waals surface area contributed by atoms with Crippen molar-refractivity contribution in [2.75, 3.05) is 11.9 Å². The molecule has 1 aromatic carbocycles. The van der Waals surface area contributed by atoms with Gasteiger partial charge in [-0.25, -0.2) is 9.97 Å². The number of ether oxygens (including phenoxy) is 1. The molecule has 0 bridgehead atoms. The lowest BCUT2D eigenvalue weighted by Gasteiger charge is -2.12. The van der Waals surface area contributed by atoms with E-state index in [2.05, 4.69) is 21.4 Å². The van der Waals surface area contributed by atoms with E-state index in [0.29, 0.717) is 12.5 Å². The summed E-state index contributed by atoms with van der Waals surface area (Å²) in [4.78, 5) is 8.93. The normalized spacial score (nSPS) is 20.7. The molecule has 96 valence electrons. The molecule has 1 atom stereocenters. The van der Waals surface area contributed by atoms with Crippen LogP contribution in [0.2, 0.25) is 0 Å². The molecule has 1 aliphatic carbocycles. The Morgan fingerprint density at radius 3 is 2.95 bits per heavy atom. The molecule has 0 amide bonds. The Balaban J connectivity index is 1.57. The molecular formula is C15H15N3O. The molecule has 1 aliphatic heterocycles. The lowest BCUT2D eigenvalue weighted by Crippen LogP contribution is -2.13. The van der Waals surface area contributed by atoms with E-state index < -0.39 is 0 Å². The summed E-state index contributed by atoms with van der Waals surface area (Å²) >= 11 is 0. The fraction of sp³-hybridized carbons (Fsp3) is 0.333. The second kappa shape index (κ2) is 4.23. The molecular weight excluding hydrogens is 238 g/mol. The zero-order chi connectivity index (χ0) is 12.7. The molecule has 4 rings (SSSR count). The fourth-order valence-electron chi connectivity index (χ4n) is 2.45. The molecule has 1 unspecified atom stereocenters. The minimum atomic E-state index is 0.179. The first-order chi connectivity index (χ1) is 9.40. The Kier molecular flexibility index (Phi) is 2.40. The van der Waals surface area contributed by atoms with Gasteiger partial charge in [0.15, 0.2) is 0 Å². The fourth-order valence-corrected chi connectivity index (χ4v) is 2.45. The molecule has 1 aromatic heterocycles. The number of para-hydroxylation sites is 1. The first-order valence-corrected chi connectivity index (χ1v) is 6.71. The maximum absolute atomic E-state index is 5.67. The minimum Gasteiger partial charge on any atom is -0.491 e. The lowest BCUT2D eigenvalue weighted by molar-refractivity contribution is 0.339. The third-order valence-electron chi connectivity index (χ3n) is 3.64. The van der Waals surface area contributed by atoms with E-state index in [0.717, 1.165) is 17.4 Å². The molecule has 4 nitrogen and oxygen atoms in total. The average molecular weight is 253 g/mol. The van der Waals surface area contributed by atoms with E-state index in [1.807, 2.05) is 30.5 Å². The lowest BCUT2D eigenvalue weighted by atomic mass is 10.1. The largest absolute Gasteiger partial charge is 0.491 e. The van der Waals surface area contributed by atoms with Gasteiger partial charge in [-0.1, -0.05) is 18.2 Å². The Hall–Kier alpha value is -2.10. The van der Waals surface area contributed by atoms with Crippen LogP contribution in [0.25, 0.3) is 0 Å². The quantitative estimate of drug-likeness (QED) is 0.913. The van der Waals surface area contributed by atoms with E-state index in [1.165, 1.54) is 18.4 Å². The van der Waals surface area contributed by atoms with Gasteiger partial charge in [0, 0.05) is 17.7 Å². The van der Waals surface area contributed by atoms with Crippen molar-refractivity contribution in [1.82, 2.24) is 9.97 Å². The van der Waals surface area contributed by atoms with Gasteiger partial charge in [-0.2, -0.15) is 0 Å². The monoisotopic (exact) mass is 253 g/mol. The molecule has 4 heteroatoms. The van der Waals surface area contributed by atoms with Gasteiger partial charge in [-0.05, 0) is 25.0 Å². The van der Waals surface area contributed by atoms with Crippen LogP contribution in [0.3, 0.4) is 0 Å². The predicted octanol–water partition coefficient (Wildman–Crippen LogP) is 2.90. The van der Waals surface area contributed by atoms with Crippen LogP contribution in [0.5, 0.6) is 5.75 Å². The second-order valence-corrected chi connectivity index (χ2v) is 5.12. The predicted molar refractivity (Wildman–Crippen MR) is 72.3 cm³/mol. The average Bonchev–Trinajstić information content (AvgIpc) is 3.23. The summed E-state index contributed by atoms with van der Waals surface area (Å²) in [6, 6.07) is 10.2. The Labute approximate surface area is 111 Å². The van der Waals surface area contributed by atoms with Gasteiger partial charge >= 0.3 is 0 Å². The van der Waals surface area contributed by atoms with E-state index in [9.17, 15) is 0 Å². The minimum absolute atomic E-state index is 0.179. The Bertz CT molecular complexity index is 610. The summed E-state index contributed by atoms with van der Waals surface area (Å²) in [6.07, 6.45) is 4.28. The smallest absolute Gasteiger partial charge is 0.133 e. The molecule has 1 saturated carbocycles. The van der Waals surface area contributed by atoms with Crippen molar-refractivity contribution in [3.05, 3.63) is 47.9 Å². The molecule has 0 spiro atoms. The number of nitrogens with zero attached hydrogens (tertiary/aromatic N) is 2. The van der Waals surface area contributed by atoms with Crippen molar-refractivity contribution < 1.29 is 4.74 Å². The second-order valence-electron chi connectivity index (χ2n) is 5.12. The van der Waals surface area contributed by atoms with Crippen LogP contribution >= 0.6 is 0 Å². The van der Waals surface area contributed by atoms with Gasteiger partial charge in [0.25, 0.3) is 0 Å². The van der Waals surface area contributed by atoms with Crippen LogP contribution in [-0.4, -0.2) is 16.6 Å². The van der Waals surface area contributed by atoms with E-state index in [1.54, 1.807) is 0 Å². The highest BCUT2D eigenvalue weighted by atomic mass is 16.5. The highest BCUT2D eigenvalue weighted by Crippen LogP contribution is 2.38. The summed E-state index contributed by atoms with van der Waals surface area (Å²) in [5.41, 5.74) is 1.20. The molecule has 19 heavy (non-hydrogen) atoms. The van der Waals surface area contributed by atoms with Crippen LogP contribution in [0.4, 0.5) is 5.82 Å². The SMILES string of the molecule is c1ccc2c(c1)OCC2Nc1ccnc(C2CC2)n1. The molecule has 0 saturated heterocycles. The zero-order valence-corrected chi connectivity index (χ0v) is 10.5. The highest BCUT2D eigenvalue weighted by Gasteiger charge is 2.27. The van der Waals surface area contributed by atoms with Crippen molar-refractivity contribution in [3.63, 3.8) is 0 Å². The number of nitrogens with one attached hydrogen (secondary N) is 1. The molecule has 2 heterocycles. The summed E-state index contributed by atoms with van der Waals surface area (Å²) in [5, 5.41) is 3.44. The first kappa shape index (κ1) is 10.8. The van der Waals surface area contributed by atoms with Gasteiger partial charge in [0.1, 0.15) is 24.0 Å². The number of anilines is 1. The maximum atomic E-state index is 5.67. The molecule has 1 fully saturated rings.